The molecule has 1 heterocycles. The monoisotopic (exact) mass is 338 g/mol. The van der Waals surface area contributed by atoms with E-state index in [-0.39, 0.29) is 24.3 Å². The Kier molecular flexibility index (Phi) is 6.02. The quantitative estimate of drug-likeness (QED) is 0.800. The van der Waals surface area contributed by atoms with Crippen LogP contribution in [0.1, 0.15) is 24.9 Å². The molecule has 0 saturated carbocycles. The lowest BCUT2D eigenvalue weighted by molar-refractivity contribution is -0.135. The van der Waals surface area contributed by atoms with Crippen LogP contribution in [-0.2, 0) is 14.3 Å². The van der Waals surface area contributed by atoms with Crippen molar-refractivity contribution in [2.45, 2.75) is 19.4 Å². The molecular weight excluding hydrogens is 316 g/mol. The van der Waals surface area contributed by atoms with Gasteiger partial charge >= 0.3 is 0 Å². The third kappa shape index (κ3) is 3.67. The molecule has 1 aliphatic heterocycles. The first-order valence-corrected chi connectivity index (χ1v) is 8.16. The molecule has 0 unspecified atom stereocenters. The molecule has 0 aliphatic carbocycles. The molecule has 0 aromatic heterocycles. The Bertz CT molecular complexity index is 579. The van der Waals surface area contributed by atoms with Gasteiger partial charge in [0.2, 0.25) is 11.8 Å². The van der Waals surface area contributed by atoms with E-state index >= 15 is 0 Å². The molecule has 2 rings (SSSR count). The van der Waals surface area contributed by atoms with Crippen LogP contribution in [0, 0.1) is 5.92 Å². The van der Waals surface area contributed by atoms with Crippen molar-refractivity contribution in [3.63, 3.8) is 0 Å². The Morgan fingerprint density at radius 2 is 2.13 bits per heavy atom. The van der Waals surface area contributed by atoms with Gasteiger partial charge in [0.05, 0.1) is 18.6 Å². The van der Waals surface area contributed by atoms with E-state index < -0.39 is 5.92 Å². The van der Waals surface area contributed by atoms with Crippen molar-refractivity contribution in [2.75, 3.05) is 33.9 Å². The topological polar surface area (TPSA) is 49.9 Å². The van der Waals surface area contributed by atoms with Crippen LogP contribution in [0.25, 0.3) is 0 Å². The predicted molar refractivity (Wildman–Crippen MR) is 89.2 cm³/mol. The average Bonchev–Trinajstić information content (AvgIpc) is 2.88. The minimum atomic E-state index is -0.413. The first-order valence-electron chi connectivity index (χ1n) is 7.79. The van der Waals surface area contributed by atoms with Gasteiger partial charge in [0.25, 0.3) is 0 Å². The van der Waals surface area contributed by atoms with Crippen LogP contribution in [0.15, 0.2) is 24.3 Å². The lowest BCUT2D eigenvalue weighted by Crippen LogP contribution is -2.37. The first kappa shape index (κ1) is 17.8. The smallest absolute Gasteiger partial charge is 0.228 e. The van der Waals surface area contributed by atoms with Crippen molar-refractivity contribution in [1.29, 1.82) is 0 Å². The van der Waals surface area contributed by atoms with Gasteiger partial charge in [-0.1, -0.05) is 29.8 Å². The third-order valence-corrected chi connectivity index (χ3v) is 4.70. The highest BCUT2D eigenvalue weighted by molar-refractivity contribution is 6.31. The van der Waals surface area contributed by atoms with Gasteiger partial charge in [0, 0.05) is 38.7 Å². The number of hydrogen-bond donors (Lipinski definition) is 0. The van der Waals surface area contributed by atoms with E-state index in [4.69, 9.17) is 16.3 Å². The van der Waals surface area contributed by atoms with E-state index in [1.165, 1.54) is 0 Å². The molecule has 126 valence electrons. The average molecular weight is 339 g/mol. The zero-order valence-corrected chi connectivity index (χ0v) is 14.5. The molecule has 0 spiro atoms. The molecule has 1 aliphatic rings. The highest BCUT2D eigenvalue weighted by Crippen LogP contribution is 2.41. The minimum Gasteiger partial charge on any atom is -0.383 e. The van der Waals surface area contributed by atoms with E-state index in [1.807, 2.05) is 25.1 Å². The summed E-state index contributed by atoms with van der Waals surface area (Å²) >= 11 is 6.34. The third-order valence-electron chi connectivity index (χ3n) is 4.36. The summed E-state index contributed by atoms with van der Waals surface area (Å²) in [6.07, 6.45) is 0.211. The summed E-state index contributed by atoms with van der Waals surface area (Å²) < 4.78 is 5.11. The largest absolute Gasteiger partial charge is 0.383 e. The molecule has 1 aromatic rings. The molecule has 1 fully saturated rings. The maximum Gasteiger partial charge on any atom is 0.228 e. The Balaban J connectivity index is 2.39. The summed E-state index contributed by atoms with van der Waals surface area (Å²) in [5.41, 5.74) is 0.818. The van der Waals surface area contributed by atoms with Gasteiger partial charge in [0.1, 0.15) is 0 Å². The molecule has 2 atom stereocenters. The summed E-state index contributed by atoms with van der Waals surface area (Å²) in [5.74, 6) is -0.468. The van der Waals surface area contributed by atoms with E-state index in [0.717, 1.165) is 5.56 Å². The van der Waals surface area contributed by atoms with Gasteiger partial charge < -0.3 is 14.5 Å². The lowest BCUT2D eigenvalue weighted by Gasteiger charge is -2.30. The number of halogens is 1. The van der Waals surface area contributed by atoms with Crippen molar-refractivity contribution in [1.82, 2.24) is 9.80 Å². The van der Waals surface area contributed by atoms with Gasteiger partial charge in [-0.05, 0) is 18.6 Å². The highest BCUT2D eigenvalue weighted by atomic mass is 35.5. The lowest BCUT2D eigenvalue weighted by atomic mass is 9.92. The van der Waals surface area contributed by atoms with Crippen LogP contribution in [0.5, 0.6) is 0 Å². The number of rotatable bonds is 6. The van der Waals surface area contributed by atoms with Crippen LogP contribution >= 0.6 is 11.6 Å². The Morgan fingerprint density at radius 1 is 1.43 bits per heavy atom. The molecule has 23 heavy (non-hydrogen) atoms. The van der Waals surface area contributed by atoms with Crippen molar-refractivity contribution < 1.29 is 14.3 Å². The molecule has 5 nitrogen and oxygen atoms in total. The summed E-state index contributed by atoms with van der Waals surface area (Å²) in [7, 11) is 3.35. The maximum atomic E-state index is 12.7. The number of amides is 2. The first-order chi connectivity index (χ1) is 11.0. The maximum absolute atomic E-state index is 12.7. The van der Waals surface area contributed by atoms with Crippen molar-refractivity contribution in [3.8, 4) is 0 Å². The molecule has 0 radical (unpaired) electrons. The van der Waals surface area contributed by atoms with E-state index in [9.17, 15) is 9.59 Å². The molecule has 2 amide bonds. The fourth-order valence-corrected chi connectivity index (χ4v) is 3.25. The minimum absolute atomic E-state index is 0.0225. The Morgan fingerprint density at radius 3 is 2.74 bits per heavy atom. The normalized spacial score (nSPS) is 20.9. The van der Waals surface area contributed by atoms with E-state index in [2.05, 4.69) is 0 Å². The zero-order valence-electron chi connectivity index (χ0n) is 13.8. The van der Waals surface area contributed by atoms with E-state index in [0.29, 0.717) is 24.7 Å². The second-order valence-electron chi connectivity index (χ2n) is 5.71. The number of hydrogen-bond acceptors (Lipinski definition) is 3. The number of carbonyl (C=O) groups is 2. The predicted octanol–water partition coefficient (Wildman–Crippen LogP) is 2.35. The summed E-state index contributed by atoms with van der Waals surface area (Å²) in [6, 6.07) is 7.06. The molecule has 1 aromatic carbocycles. The summed E-state index contributed by atoms with van der Waals surface area (Å²) in [6.45, 7) is 3.40. The SMILES string of the molecule is CCN(C)C(=O)[C@@H]1CC(=O)N(CCOC)[C@H]1c1ccccc1Cl. The number of benzene rings is 1. The van der Waals surface area contributed by atoms with Crippen molar-refractivity contribution >= 4 is 23.4 Å². The van der Waals surface area contributed by atoms with Crippen molar-refractivity contribution in [2.24, 2.45) is 5.92 Å². The zero-order chi connectivity index (χ0) is 17.0. The number of ether oxygens (including phenoxy) is 1. The molecule has 1 saturated heterocycles. The second-order valence-corrected chi connectivity index (χ2v) is 6.12. The number of likely N-dealkylation sites (tertiary alicyclic amines) is 1. The Labute approximate surface area is 142 Å². The fraction of sp³-hybridized carbons (Fsp3) is 0.529. The molecular formula is C17H23ClN2O3. The van der Waals surface area contributed by atoms with Gasteiger partial charge in [-0.2, -0.15) is 0 Å². The second kappa shape index (κ2) is 7.79. The van der Waals surface area contributed by atoms with Gasteiger partial charge in [-0.3, -0.25) is 9.59 Å². The summed E-state index contributed by atoms with van der Waals surface area (Å²) in [4.78, 5) is 28.5. The van der Waals surface area contributed by atoms with Crippen LogP contribution in [0.3, 0.4) is 0 Å². The molecule has 6 heteroatoms. The number of carbonyl (C=O) groups excluding carboxylic acids is 2. The van der Waals surface area contributed by atoms with Crippen LogP contribution < -0.4 is 0 Å². The van der Waals surface area contributed by atoms with Crippen LogP contribution in [0.2, 0.25) is 5.02 Å². The van der Waals surface area contributed by atoms with E-state index in [1.54, 1.807) is 30.0 Å². The molecule has 0 N–H and O–H groups in total. The molecule has 0 bridgehead atoms. The van der Waals surface area contributed by atoms with Gasteiger partial charge in [0.15, 0.2) is 0 Å². The van der Waals surface area contributed by atoms with Crippen LogP contribution in [0.4, 0.5) is 0 Å². The highest BCUT2D eigenvalue weighted by Gasteiger charge is 2.45. The Hall–Kier alpha value is -1.59. The summed E-state index contributed by atoms with van der Waals surface area (Å²) in [5, 5.41) is 0.576. The fourth-order valence-electron chi connectivity index (χ4n) is 3.00. The van der Waals surface area contributed by atoms with Crippen molar-refractivity contribution in [3.05, 3.63) is 34.9 Å². The number of methoxy groups -OCH3 is 1. The van der Waals surface area contributed by atoms with Gasteiger partial charge in [-0.15, -0.1) is 0 Å². The van der Waals surface area contributed by atoms with Gasteiger partial charge in [-0.25, -0.2) is 0 Å². The number of nitrogens with zero attached hydrogens (tertiary/aromatic N) is 2. The standard InChI is InChI=1S/C17H23ClN2O3/c1-4-19(2)17(22)13-11-15(21)20(9-10-23-3)16(13)12-7-5-6-8-14(12)18/h5-8,13,16H,4,9-11H2,1-3H3/t13-,16+/m1/s1. The van der Waals surface area contributed by atoms with Crippen LogP contribution in [-0.4, -0.2) is 55.5 Å².